The maximum absolute atomic E-state index is 11.0. The first kappa shape index (κ1) is 15.0. The Balaban J connectivity index is 0.000000154. The average Bonchev–Trinajstić information content (AvgIpc) is 3.35. The van der Waals surface area contributed by atoms with Crippen molar-refractivity contribution in [2.45, 2.75) is 25.7 Å². The van der Waals surface area contributed by atoms with Crippen LogP contribution in [-0.4, -0.2) is 22.5 Å². The van der Waals surface area contributed by atoms with E-state index < -0.39 is 0 Å². The molecule has 1 fully saturated rings. The molecule has 110 valence electrons. The minimum atomic E-state index is -0.367. The molecule has 0 saturated heterocycles. The molecule has 0 amide bonds. The van der Waals surface area contributed by atoms with Gasteiger partial charge >= 0.3 is 5.97 Å². The van der Waals surface area contributed by atoms with Gasteiger partial charge in [0, 0.05) is 12.4 Å². The molecule has 21 heavy (non-hydrogen) atoms. The number of nitrogen functional groups attached to an aromatic ring is 1. The van der Waals surface area contributed by atoms with Gasteiger partial charge in [-0.15, -0.1) is 0 Å². The highest BCUT2D eigenvalue weighted by atomic mass is 16.5. The summed E-state index contributed by atoms with van der Waals surface area (Å²) >= 11 is 0. The van der Waals surface area contributed by atoms with Crippen LogP contribution in [0.2, 0.25) is 0 Å². The zero-order valence-electron chi connectivity index (χ0n) is 12.0. The largest absolute Gasteiger partial charge is 0.461 e. The van der Waals surface area contributed by atoms with Crippen LogP contribution in [0.1, 0.15) is 41.7 Å². The fourth-order valence-corrected chi connectivity index (χ4v) is 1.76. The monoisotopic (exact) mass is 285 g/mol. The molecule has 3 rings (SSSR count). The average molecular weight is 285 g/mol. The summed E-state index contributed by atoms with van der Waals surface area (Å²) in [6, 6.07) is 9.06. The fraction of sp³-hybridized carbons (Fsp3) is 0.312. The molecule has 0 radical (unpaired) electrons. The number of anilines is 1. The van der Waals surface area contributed by atoms with E-state index in [0.717, 1.165) is 5.92 Å². The molecule has 2 N–H and O–H groups in total. The van der Waals surface area contributed by atoms with Crippen molar-refractivity contribution in [1.82, 2.24) is 9.97 Å². The second-order valence-corrected chi connectivity index (χ2v) is 4.73. The summed E-state index contributed by atoms with van der Waals surface area (Å²) in [5.41, 5.74) is 7.13. The smallest absolute Gasteiger partial charge is 0.356 e. The van der Waals surface area contributed by atoms with E-state index in [-0.39, 0.29) is 5.97 Å². The summed E-state index contributed by atoms with van der Waals surface area (Å²) in [5.74, 6) is 1.03. The summed E-state index contributed by atoms with van der Waals surface area (Å²) in [4.78, 5) is 18.8. The second-order valence-electron chi connectivity index (χ2n) is 4.73. The molecule has 1 aliphatic carbocycles. The number of pyridine rings is 2. The van der Waals surface area contributed by atoms with E-state index in [9.17, 15) is 4.79 Å². The van der Waals surface area contributed by atoms with Crippen molar-refractivity contribution in [2.24, 2.45) is 0 Å². The van der Waals surface area contributed by atoms with E-state index in [1.165, 1.54) is 18.4 Å². The van der Waals surface area contributed by atoms with Crippen LogP contribution < -0.4 is 5.73 Å². The Morgan fingerprint density at radius 1 is 1.29 bits per heavy atom. The van der Waals surface area contributed by atoms with Gasteiger partial charge in [-0.2, -0.15) is 0 Å². The van der Waals surface area contributed by atoms with E-state index in [1.807, 2.05) is 12.3 Å². The van der Waals surface area contributed by atoms with E-state index in [0.29, 0.717) is 18.1 Å². The Labute approximate surface area is 124 Å². The van der Waals surface area contributed by atoms with Crippen molar-refractivity contribution in [3.63, 3.8) is 0 Å². The fourth-order valence-electron chi connectivity index (χ4n) is 1.76. The maximum Gasteiger partial charge on any atom is 0.356 e. The zero-order chi connectivity index (χ0) is 15.1. The van der Waals surface area contributed by atoms with Crippen molar-refractivity contribution in [3.8, 4) is 0 Å². The molecular weight excluding hydrogens is 266 g/mol. The van der Waals surface area contributed by atoms with Gasteiger partial charge in [0.25, 0.3) is 0 Å². The normalized spacial score (nSPS) is 13.0. The van der Waals surface area contributed by atoms with Crippen LogP contribution in [0.15, 0.2) is 42.7 Å². The third-order valence-corrected chi connectivity index (χ3v) is 3.01. The Morgan fingerprint density at radius 3 is 2.62 bits per heavy atom. The number of nitrogens with two attached hydrogens (primary N) is 1. The van der Waals surface area contributed by atoms with Crippen molar-refractivity contribution in [2.75, 3.05) is 12.3 Å². The second kappa shape index (κ2) is 7.38. The summed E-state index contributed by atoms with van der Waals surface area (Å²) in [6.07, 6.45) is 6.09. The van der Waals surface area contributed by atoms with Crippen LogP contribution >= 0.6 is 0 Å². The highest BCUT2D eigenvalue weighted by Gasteiger charge is 2.23. The predicted octanol–water partition coefficient (Wildman–Crippen LogP) is 2.80. The lowest BCUT2D eigenvalue weighted by atomic mass is 10.2. The van der Waals surface area contributed by atoms with Crippen LogP contribution in [0.3, 0.4) is 0 Å². The van der Waals surface area contributed by atoms with Crippen molar-refractivity contribution < 1.29 is 9.53 Å². The zero-order valence-corrected chi connectivity index (χ0v) is 12.0. The van der Waals surface area contributed by atoms with Gasteiger partial charge in [0.05, 0.1) is 6.61 Å². The number of carbonyl (C=O) groups is 1. The molecule has 2 aromatic rings. The summed E-state index contributed by atoms with van der Waals surface area (Å²) < 4.78 is 4.73. The molecule has 1 saturated carbocycles. The Bertz CT molecular complexity index is 566. The number of carbonyl (C=O) groups excluding carboxylic acids is 1. The van der Waals surface area contributed by atoms with Crippen molar-refractivity contribution in [1.29, 1.82) is 0 Å². The van der Waals surface area contributed by atoms with Crippen molar-refractivity contribution in [3.05, 3.63) is 54.0 Å². The van der Waals surface area contributed by atoms with Crippen LogP contribution in [0.25, 0.3) is 0 Å². The Kier molecular flexibility index (Phi) is 5.26. The van der Waals surface area contributed by atoms with Gasteiger partial charge in [-0.1, -0.05) is 12.1 Å². The molecule has 1 aliphatic rings. The number of aromatic nitrogens is 2. The Hall–Kier alpha value is -2.43. The minimum absolute atomic E-state index is 0.356. The third-order valence-electron chi connectivity index (χ3n) is 3.01. The summed E-state index contributed by atoms with van der Waals surface area (Å²) in [6.45, 7) is 2.15. The number of esters is 1. The third kappa shape index (κ3) is 4.87. The number of ether oxygens (including phenoxy) is 1. The summed E-state index contributed by atoms with van der Waals surface area (Å²) in [5, 5.41) is 0. The van der Waals surface area contributed by atoms with Gasteiger partial charge in [0.1, 0.15) is 11.5 Å². The first-order valence-electron chi connectivity index (χ1n) is 7.00. The lowest BCUT2D eigenvalue weighted by Crippen LogP contribution is -2.05. The number of rotatable bonds is 3. The maximum atomic E-state index is 11.0. The molecule has 0 bridgehead atoms. The van der Waals surface area contributed by atoms with Crippen LogP contribution in [0.5, 0.6) is 0 Å². The topological polar surface area (TPSA) is 78.1 Å². The van der Waals surface area contributed by atoms with E-state index in [2.05, 4.69) is 16.0 Å². The van der Waals surface area contributed by atoms with E-state index >= 15 is 0 Å². The van der Waals surface area contributed by atoms with Gasteiger partial charge in [0.15, 0.2) is 0 Å². The number of hydrogen-bond donors (Lipinski definition) is 1. The highest BCUT2D eigenvalue weighted by Crippen LogP contribution is 2.39. The SMILES string of the molecule is CCOC(=O)c1ccccn1.Nc1ccc(C2CC2)cn1. The van der Waals surface area contributed by atoms with Crippen LogP contribution in [0.4, 0.5) is 5.82 Å². The van der Waals surface area contributed by atoms with Crippen LogP contribution in [-0.2, 0) is 4.74 Å². The molecular formula is C16H19N3O2. The molecule has 0 unspecified atom stereocenters. The molecule has 0 aliphatic heterocycles. The van der Waals surface area contributed by atoms with E-state index in [4.69, 9.17) is 10.5 Å². The van der Waals surface area contributed by atoms with Crippen molar-refractivity contribution >= 4 is 11.8 Å². The quantitative estimate of drug-likeness (QED) is 0.877. The number of hydrogen-bond acceptors (Lipinski definition) is 5. The molecule has 2 heterocycles. The molecule has 0 spiro atoms. The molecule has 0 atom stereocenters. The first-order chi connectivity index (χ1) is 10.2. The predicted molar refractivity (Wildman–Crippen MR) is 80.8 cm³/mol. The van der Waals surface area contributed by atoms with Gasteiger partial charge in [-0.3, -0.25) is 0 Å². The standard InChI is InChI=1S/C8H10N2.C8H9NO2/c9-8-4-3-7(5-10-8)6-1-2-6;1-2-11-8(10)7-5-3-4-6-9-7/h3-6H,1-2H2,(H2,9,10);3-6H,2H2,1H3. The van der Waals surface area contributed by atoms with Crippen LogP contribution in [0, 0.1) is 0 Å². The molecule has 5 nitrogen and oxygen atoms in total. The van der Waals surface area contributed by atoms with Gasteiger partial charge in [-0.05, 0) is 49.4 Å². The van der Waals surface area contributed by atoms with Gasteiger partial charge in [0.2, 0.25) is 0 Å². The minimum Gasteiger partial charge on any atom is -0.461 e. The van der Waals surface area contributed by atoms with E-state index in [1.54, 1.807) is 31.3 Å². The Morgan fingerprint density at radius 2 is 2.10 bits per heavy atom. The lowest BCUT2D eigenvalue weighted by molar-refractivity contribution is 0.0519. The highest BCUT2D eigenvalue weighted by molar-refractivity contribution is 5.86. The van der Waals surface area contributed by atoms with Gasteiger partial charge in [-0.25, -0.2) is 14.8 Å². The lowest BCUT2D eigenvalue weighted by Gasteiger charge is -1.98. The first-order valence-corrected chi connectivity index (χ1v) is 7.00. The summed E-state index contributed by atoms with van der Waals surface area (Å²) in [7, 11) is 0. The molecule has 0 aromatic carbocycles. The molecule has 5 heteroatoms. The van der Waals surface area contributed by atoms with Gasteiger partial charge < -0.3 is 10.5 Å². The molecule has 2 aromatic heterocycles. The number of nitrogens with zero attached hydrogens (tertiary/aromatic N) is 2.